The van der Waals surface area contributed by atoms with Crippen LogP contribution in [0.25, 0.3) is 0 Å². The first-order chi connectivity index (χ1) is 10.3. The molecular formula is C20H37N. The predicted octanol–water partition coefficient (Wildman–Crippen LogP) is 6.04. The maximum Gasteiger partial charge on any atom is -0.00206 e. The van der Waals surface area contributed by atoms with Gasteiger partial charge in [0, 0.05) is 0 Å². The molecule has 1 nitrogen and oxygen atoms in total. The second-order valence-corrected chi connectivity index (χ2v) is 5.80. The molecule has 0 amide bonds. The van der Waals surface area contributed by atoms with Crippen molar-refractivity contribution in [2.24, 2.45) is 5.92 Å². The number of nitrogens with one attached hydrogen (secondary N) is 1. The smallest absolute Gasteiger partial charge is 0.00206 e. The Hall–Kier alpha value is -0.820. The van der Waals surface area contributed by atoms with Crippen molar-refractivity contribution >= 4 is 0 Å². The second kappa shape index (κ2) is 15.6. The van der Waals surface area contributed by atoms with Gasteiger partial charge in [0.2, 0.25) is 0 Å². The lowest BCUT2D eigenvalue weighted by Gasteiger charge is -2.15. The molecule has 1 unspecified atom stereocenters. The van der Waals surface area contributed by atoms with Crippen molar-refractivity contribution in [3.63, 3.8) is 0 Å². The largest absolute Gasteiger partial charge is 0.316 e. The molecule has 1 N–H and O–H groups in total. The fraction of sp³-hybridized carbons (Fsp3) is 0.700. The van der Waals surface area contributed by atoms with Gasteiger partial charge >= 0.3 is 0 Å². The highest BCUT2D eigenvalue weighted by Crippen LogP contribution is 2.16. The summed E-state index contributed by atoms with van der Waals surface area (Å²) in [6, 6.07) is 0. The molecule has 0 heterocycles. The van der Waals surface area contributed by atoms with Crippen LogP contribution in [-0.2, 0) is 0 Å². The third-order valence-corrected chi connectivity index (χ3v) is 4.05. The maximum atomic E-state index is 3.62. The SMILES string of the molecule is C/C=C\C(=C/C)CCCCC(CC)CNCCC/C=C/C. The first-order valence-corrected chi connectivity index (χ1v) is 8.88. The van der Waals surface area contributed by atoms with Gasteiger partial charge in [0.05, 0.1) is 0 Å². The molecule has 0 aliphatic rings. The van der Waals surface area contributed by atoms with Crippen LogP contribution in [0.5, 0.6) is 0 Å². The van der Waals surface area contributed by atoms with Crippen LogP contribution in [0.15, 0.2) is 36.0 Å². The highest BCUT2D eigenvalue weighted by Gasteiger charge is 2.05. The molecule has 0 aromatic rings. The highest BCUT2D eigenvalue weighted by atomic mass is 14.8. The van der Waals surface area contributed by atoms with Gasteiger partial charge in [-0.2, -0.15) is 0 Å². The lowest BCUT2D eigenvalue weighted by Crippen LogP contribution is -2.23. The van der Waals surface area contributed by atoms with Crippen LogP contribution in [0.2, 0.25) is 0 Å². The summed E-state index contributed by atoms with van der Waals surface area (Å²) in [5.41, 5.74) is 1.48. The van der Waals surface area contributed by atoms with Crippen molar-refractivity contribution in [2.75, 3.05) is 13.1 Å². The average Bonchev–Trinajstić information content (AvgIpc) is 2.51. The summed E-state index contributed by atoms with van der Waals surface area (Å²) in [6.07, 6.45) is 20.0. The van der Waals surface area contributed by atoms with Gasteiger partial charge in [-0.15, -0.1) is 0 Å². The van der Waals surface area contributed by atoms with E-state index in [4.69, 9.17) is 0 Å². The summed E-state index contributed by atoms with van der Waals surface area (Å²) in [5, 5.41) is 3.62. The Morgan fingerprint density at radius 2 is 1.86 bits per heavy atom. The number of allylic oxidation sites excluding steroid dienone is 6. The molecule has 0 aliphatic heterocycles. The molecule has 0 radical (unpaired) electrons. The van der Waals surface area contributed by atoms with Crippen LogP contribution in [0.3, 0.4) is 0 Å². The zero-order valence-corrected chi connectivity index (χ0v) is 14.8. The first-order valence-electron chi connectivity index (χ1n) is 8.88. The lowest BCUT2D eigenvalue weighted by atomic mass is 9.97. The highest BCUT2D eigenvalue weighted by molar-refractivity contribution is 5.16. The van der Waals surface area contributed by atoms with E-state index in [1.54, 1.807) is 0 Å². The molecule has 1 heteroatoms. The molecular weight excluding hydrogens is 254 g/mol. The van der Waals surface area contributed by atoms with Gasteiger partial charge in [0.25, 0.3) is 0 Å². The molecule has 0 aromatic heterocycles. The Labute approximate surface area is 133 Å². The van der Waals surface area contributed by atoms with Crippen molar-refractivity contribution < 1.29 is 0 Å². The molecule has 0 fully saturated rings. The third kappa shape index (κ3) is 12.6. The monoisotopic (exact) mass is 291 g/mol. The van der Waals surface area contributed by atoms with Crippen LogP contribution in [-0.4, -0.2) is 13.1 Å². The molecule has 0 rings (SSSR count). The molecule has 0 aromatic carbocycles. The van der Waals surface area contributed by atoms with E-state index in [1.807, 2.05) is 0 Å². The molecule has 1 atom stereocenters. The van der Waals surface area contributed by atoms with E-state index in [1.165, 1.54) is 57.1 Å². The standard InChI is InChI=1S/C20H37N/c1-5-9-10-13-17-21-18-20(8-4)16-12-11-15-19(7-3)14-6-2/h5-7,9,14,20-21H,8,10-13,15-18H2,1-4H3/b9-5+,14-6-,19-7+. The Balaban J connectivity index is 3.65. The van der Waals surface area contributed by atoms with Gasteiger partial charge in [0.15, 0.2) is 0 Å². The van der Waals surface area contributed by atoms with Crippen LogP contribution in [0.1, 0.15) is 72.6 Å². The Morgan fingerprint density at radius 1 is 1.05 bits per heavy atom. The van der Waals surface area contributed by atoms with E-state index in [0.717, 1.165) is 12.5 Å². The van der Waals surface area contributed by atoms with Crippen LogP contribution in [0.4, 0.5) is 0 Å². The van der Waals surface area contributed by atoms with Gasteiger partial charge in [-0.1, -0.05) is 55.7 Å². The fourth-order valence-electron chi connectivity index (χ4n) is 2.57. The minimum absolute atomic E-state index is 0.850. The number of hydrogen-bond donors (Lipinski definition) is 1. The summed E-state index contributed by atoms with van der Waals surface area (Å²) in [6.45, 7) is 11.0. The van der Waals surface area contributed by atoms with E-state index in [0.29, 0.717) is 0 Å². The second-order valence-electron chi connectivity index (χ2n) is 5.80. The Morgan fingerprint density at radius 3 is 2.48 bits per heavy atom. The van der Waals surface area contributed by atoms with Crippen molar-refractivity contribution in [1.29, 1.82) is 0 Å². The van der Waals surface area contributed by atoms with Crippen molar-refractivity contribution in [1.82, 2.24) is 5.32 Å². The molecule has 122 valence electrons. The Bertz CT molecular complexity index is 299. The van der Waals surface area contributed by atoms with Gasteiger partial charge in [0.1, 0.15) is 0 Å². The van der Waals surface area contributed by atoms with Gasteiger partial charge < -0.3 is 5.32 Å². The number of rotatable bonds is 13. The van der Waals surface area contributed by atoms with E-state index >= 15 is 0 Å². The minimum atomic E-state index is 0.850. The first kappa shape index (κ1) is 20.2. The number of unbranched alkanes of at least 4 members (excludes halogenated alkanes) is 2. The van der Waals surface area contributed by atoms with E-state index < -0.39 is 0 Å². The zero-order chi connectivity index (χ0) is 15.8. The molecule has 21 heavy (non-hydrogen) atoms. The van der Waals surface area contributed by atoms with Gasteiger partial charge in [-0.3, -0.25) is 0 Å². The molecule has 0 bridgehead atoms. The quantitative estimate of drug-likeness (QED) is 0.248. The zero-order valence-electron chi connectivity index (χ0n) is 14.8. The van der Waals surface area contributed by atoms with Crippen molar-refractivity contribution in [3.05, 3.63) is 36.0 Å². The molecule has 0 saturated heterocycles. The lowest BCUT2D eigenvalue weighted by molar-refractivity contribution is 0.415. The summed E-state index contributed by atoms with van der Waals surface area (Å²) < 4.78 is 0. The van der Waals surface area contributed by atoms with Gasteiger partial charge in [-0.25, -0.2) is 0 Å². The minimum Gasteiger partial charge on any atom is -0.316 e. The summed E-state index contributed by atoms with van der Waals surface area (Å²) in [4.78, 5) is 0. The van der Waals surface area contributed by atoms with Gasteiger partial charge in [-0.05, 0) is 71.9 Å². The van der Waals surface area contributed by atoms with Crippen LogP contribution in [0, 0.1) is 5.92 Å². The van der Waals surface area contributed by atoms with E-state index in [9.17, 15) is 0 Å². The van der Waals surface area contributed by atoms with Crippen molar-refractivity contribution in [3.8, 4) is 0 Å². The molecule has 0 spiro atoms. The fourth-order valence-corrected chi connectivity index (χ4v) is 2.57. The maximum absolute atomic E-state index is 3.62. The topological polar surface area (TPSA) is 12.0 Å². The number of hydrogen-bond acceptors (Lipinski definition) is 1. The van der Waals surface area contributed by atoms with E-state index in [-0.39, 0.29) is 0 Å². The predicted molar refractivity (Wildman–Crippen MR) is 97.7 cm³/mol. The van der Waals surface area contributed by atoms with Crippen LogP contribution >= 0.6 is 0 Å². The summed E-state index contributed by atoms with van der Waals surface area (Å²) in [5.74, 6) is 0.850. The Kier molecular flexibility index (Phi) is 15.0. The third-order valence-electron chi connectivity index (χ3n) is 4.05. The van der Waals surface area contributed by atoms with E-state index in [2.05, 4.69) is 63.4 Å². The normalized spacial score (nSPS) is 14.4. The molecule has 0 aliphatic carbocycles. The molecule has 0 saturated carbocycles. The summed E-state index contributed by atoms with van der Waals surface area (Å²) >= 11 is 0. The average molecular weight is 292 g/mol. The van der Waals surface area contributed by atoms with Crippen LogP contribution < -0.4 is 5.32 Å². The van der Waals surface area contributed by atoms with Crippen molar-refractivity contribution in [2.45, 2.75) is 72.6 Å². The summed E-state index contributed by atoms with van der Waals surface area (Å²) in [7, 11) is 0.